The first kappa shape index (κ1) is 22.5. The van der Waals surface area contributed by atoms with Gasteiger partial charge in [-0.3, -0.25) is 4.84 Å². The topological polar surface area (TPSA) is 72.0 Å². The van der Waals surface area contributed by atoms with E-state index in [2.05, 4.69) is 27.2 Å². The van der Waals surface area contributed by atoms with Crippen molar-refractivity contribution >= 4 is 34.0 Å². The van der Waals surface area contributed by atoms with Gasteiger partial charge in [0.1, 0.15) is 31.2 Å². The van der Waals surface area contributed by atoms with Crippen molar-refractivity contribution in [1.82, 2.24) is 19.9 Å². The molecule has 2 aromatic carbocycles. The van der Waals surface area contributed by atoms with E-state index in [-0.39, 0.29) is 5.02 Å². The first-order valence-corrected chi connectivity index (χ1v) is 10.7. The van der Waals surface area contributed by atoms with Gasteiger partial charge < -0.3 is 19.7 Å². The van der Waals surface area contributed by atoms with Crippen LogP contribution in [0.4, 0.5) is 15.9 Å². The number of hydrogen-bond acceptors (Lipinski definition) is 8. The summed E-state index contributed by atoms with van der Waals surface area (Å²) in [5.74, 6) is 1.17. The number of benzene rings is 2. The fourth-order valence-electron chi connectivity index (χ4n) is 3.38. The molecule has 2 heterocycles. The van der Waals surface area contributed by atoms with Crippen LogP contribution in [-0.4, -0.2) is 73.5 Å². The summed E-state index contributed by atoms with van der Waals surface area (Å²) in [7, 11) is 3.68. The number of nitrogens with one attached hydrogen (secondary N) is 1. The van der Waals surface area contributed by atoms with Crippen LogP contribution >= 0.6 is 11.6 Å². The molecule has 3 aromatic rings. The minimum atomic E-state index is -0.482. The number of piperazine rings is 1. The third-order valence-electron chi connectivity index (χ3n) is 5.18. The van der Waals surface area contributed by atoms with E-state index in [0.29, 0.717) is 41.7 Å². The van der Waals surface area contributed by atoms with Gasteiger partial charge in [0.2, 0.25) is 0 Å². The minimum Gasteiger partial charge on any atom is -0.493 e. The second-order valence-corrected chi connectivity index (χ2v) is 7.82. The van der Waals surface area contributed by atoms with E-state index < -0.39 is 5.82 Å². The van der Waals surface area contributed by atoms with Gasteiger partial charge in [-0.2, -0.15) is 5.06 Å². The highest BCUT2D eigenvalue weighted by Gasteiger charge is 2.15. The van der Waals surface area contributed by atoms with Gasteiger partial charge in [0.05, 0.1) is 17.6 Å². The van der Waals surface area contributed by atoms with E-state index in [4.69, 9.17) is 25.9 Å². The monoisotopic (exact) mass is 461 g/mol. The standard InChI is InChI=1S/C22H25ClFN5O3/c1-28-5-7-29(8-6-28)32-10-9-31-21-12-16-19(13-20(21)30-2)25-14-26-22(16)27-15-3-4-18(24)17(23)11-15/h3-4,11-14H,5-10H2,1-2H3,(H,25,26,27). The van der Waals surface area contributed by atoms with Crippen LogP contribution < -0.4 is 14.8 Å². The van der Waals surface area contributed by atoms with Crippen molar-refractivity contribution in [2.75, 3.05) is 58.9 Å². The number of halogens is 2. The third kappa shape index (κ3) is 5.36. The van der Waals surface area contributed by atoms with Gasteiger partial charge in [-0.05, 0) is 31.3 Å². The average Bonchev–Trinajstić information content (AvgIpc) is 2.80. The van der Waals surface area contributed by atoms with Crippen molar-refractivity contribution in [1.29, 1.82) is 0 Å². The fraction of sp³-hybridized carbons (Fsp3) is 0.364. The lowest BCUT2D eigenvalue weighted by Crippen LogP contribution is -2.44. The number of methoxy groups -OCH3 is 1. The number of rotatable bonds is 8. The first-order chi connectivity index (χ1) is 15.5. The molecule has 4 rings (SSSR count). The third-order valence-corrected chi connectivity index (χ3v) is 5.47. The van der Waals surface area contributed by atoms with Crippen molar-refractivity contribution in [3.05, 3.63) is 47.5 Å². The second kappa shape index (κ2) is 10.3. The Balaban J connectivity index is 1.48. The van der Waals surface area contributed by atoms with E-state index >= 15 is 0 Å². The Hall–Kier alpha value is -2.72. The largest absolute Gasteiger partial charge is 0.493 e. The van der Waals surface area contributed by atoms with E-state index in [0.717, 1.165) is 31.6 Å². The number of anilines is 2. The van der Waals surface area contributed by atoms with Gasteiger partial charge in [0.25, 0.3) is 0 Å². The maximum atomic E-state index is 13.5. The molecule has 0 radical (unpaired) electrons. The van der Waals surface area contributed by atoms with E-state index in [1.165, 1.54) is 18.5 Å². The summed E-state index contributed by atoms with van der Waals surface area (Å²) in [6.45, 7) is 4.49. The van der Waals surface area contributed by atoms with Crippen molar-refractivity contribution < 1.29 is 18.7 Å². The van der Waals surface area contributed by atoms with Crippen LogP contribution in [0.2, 0.25) is 5.02 Å². The molecule has 1 aromatic heterocycles. The number of likely N-dealkylation sites (N-methyl/N-ethyl adjacent to an activating group) is 1. The summed E-state index contributed by atoms with van der Waals surface area (Å²) in [6.07, 6.45) is 1.44. The molecule has 1 aliphatic rings. The van der Waals surface area contributed by atoms with Gasteiger partial charge in [-0.1, -0.05) is 11.6 Å². The Labute approximate surface area is 190 Å². The number of nitrogens with zero attached hydrogens (tertiary/aromatic N) is 4. The zero-order valence-electron chi connectivity index (χ0n) is 18.0. The number of hydrogen-bond donors (Lipinski definition) is 1. The first-order valence-electron chi connectivity index (χ1n) is 10.3. The molecule has 170 valence electrons. The van der Waals surface area contributed by atoms with E-state index in [1.54, 1.807) is 19.2 Å². The quantitative estimate of drug-likeness (QED) is 0.509. The summed E-state index contributed by atoms with van der Waals surface area (Å²) >= 11 is 5.90. The smallest absolute Gasteiger partial charge is 0.162 e. The fourth-order valence-corrected chi connectivity index (χ4v) is 3.56. The Morgan fingerprint density at radius 2 is 1.88 bits per heavy atom. The van der Waals surface area contributed by atoms with Crippen LogP contribution in [0, 0.1) is 5.82 Å². The van der Waals surface area contributed by atoms with E-state index in [9.17, 15) is 4.39 Å². The van der Waals surface area contributed by atoms with Gasteiger partial charge >= 0.3 is 0 Å². The average molecular weight is 462 g/mol. The molecule has 10 heteroatoms. The molecule has 0 aliphatic carbocycles. The summed E-state index contributed by atoms with van der Waals surface area (Å²) in [4.78, 5) is 16.7. The molecule has 1 aliphatic heterocycles. The molecular weight excluding hydrogens is 437 g/mol. The van der Waals surface area contributed by atoms with Gasteiger partial charge in [0.15, 0.2) is 11.5 Å². The van der Waals surface area contributed by atoms with Crippen molar-refractivity contribution in [3.8, 4) is 11.5 Å². The highest BCUT2D eigenvalue weighted by Crippen LogP contribution is 2.35. The molecule has 8 nitrogen and oxygen atoms in total. The van der Waals surface area contributed by atoms with Crippen LogP contribution in [0.15, 0.2) is 36.7 Å². The molecule has 32 heavy (non-hydrogen) atoms. The number of hydroxylamine groups is 2. The van der Waals surface area contributed by atoms with Gasteiger partial charge in [-0.25, -0.2) is 14.4 Å². The molecule has 0 spiro atoms. The number of fused-ring (bicyclic) bond motifs is 1. The Kier molecular flexibility index (Phi) is 7.21. The van der Waals surface area contributed by atoms with Gasteiger partial charge in [-0.15, -0.1) is 0 Å². The van der Waals surface area contributed by atoms with Crippen molar-refractivity contribution in [3.63, 3.8) is 0 Å². The molecule has 0 atom stereocenters. The Morgan fingerprint density at radius 1 is 1.06 bits per heavy atom. The number of ether oxygens (including phenoxy) is 2. The van der Waals surface area contributed by atoms with Crippen LogP contribution in [0.3, 0.4) is 0 Å². The Bertz CT molecular complexity index is 1080. The maximum Gasteiger partial charge on any atom is 0.162 e. The van der Waals surface area contributed by atoms with Crippen LogP contribution in [0.25, 0.3) is 10.9 Å². The highest BCUT2D eigenvalue weighted by atomic mass is 35.5. The lowest BCUT2D eigenvalue weighted by atomic mass is 10.2. The maximum absolute atomic E-state index is 13.5. The van der Waals surface area contributed by atoms with E-state index in [1.807, 2.05) is 11.1 Å². The lowest BCUT2D eigenvalue weighted by Gasteiger charge is -2.31. The summed E-state index contributed by atoms with van der Waals surface area (Å²) in [6, 6.07) is 7.99. The second-order valence-electron chi connectivity index (χ2n) is 7.41. The predicted molar refractivity (Wildman–Crippen MR) is 121 cm³/mol. The summed E-state index contributed by atoms with van der Waals surface area (Å²) in [5, 5.41) is 5.88. The SMILES string of the molecule is COc1cc2ncnc(Nc3ccc(F)c(Cl)c3)c2cc1OCCON1CCN(C)CC1. The minimum absolute atomic E-state index is 0.0272. The van der Waals surface area contributed by atoms with Gasteiger partial charge in [0, 0.05) is 43.3 Å². The van der Waals surface area contributed by atoms with Crippen molar-refractivity contribution in [2.45, 2.75) is 0 Å². The molecule has 1 saturated heterocycles. The summed E-state index contributed by atoms with van der Waals surface area (Å²) < 4.78 is 24.9. The molecule has 0 bridgehead atoms. The number of aromatic nitrogens is 2. The lowest BCUT2D eigenvalue weighted by molar-refractivity contribution is -0.179. The molecule has 1 N–H and O–H groups in total. The van der Waals surface area contributed by atoms with Crippen LogP contribution in [-0.2, 0) is 4.84 Å². The zero-order chi connectivity index (χ0) is 22.5. The highest BCUT2D eigenvalue weighted by molar-refractivity contribution is 6.31. The normalized spacial score (nSPS) is 15.1. The van der Waals surface area contributed by atoms with Crippen LogP contribution in [0.1, 0.15) is 0 Å². The predicted octanol–water partition coefficient (Wildman–Crippen LogP) is 3.73. The van der Waals surface area contributed by atoms with Crippen LogP contribution in [0.5, 0.6) is 11.5 Å². The molecule has 0 amide bonds. The zero-order valence-corrected chi connectivity index (χ0v) is 18.7. The molecule has 1 fully saturated rings. The Morgan fingerprint density at radius 3 is 2.62 bits per heavy atom. The molecule has 0 unspecified atom stereocenters. The van der Waals surface area contributed by atoms with Crippen molar-refractivity contribution in [2.24, 2.45) is 0 Å². The molecular formula is C22H25ClFN5O3. The summed E-state index contributed by atoms with van der Waals surface area (Å²) in [5.41, 5.74) is 1.28. The molecule has 0 saturated carbocycles.